The third-order valence-electron chi connectivity index (χ3n) is 4.95. The van der Waals surface area contributed by atoms with Gasteiger partial charge in [-0.05, 0) is 42.9 Å². The first-order chi connectivity index (χ1) is 13.4. The monoisotopic (exact) mass is 402 g/mol. The van der Waals surface area contributed by atoms with E-state index in [-0.39, 0.29) is 24.3 Å². The summed E-state index contributed by atoms with van der Waals surface area (Å²) in [5.41, 5.74) is 3.79. The van der Waals surface area contributed by atoms with Crippen molar-refractivity contribution in [2.75, 3.05) is 25.0 Å². The van der Waals surface area contributed by atoms with Gasteiger partial charge in [-0.15, -0.1) is 10.2 Å². The Morgan fingerprint density at radius 3 is 2.71 bits per heavy atom. The van der Waals surface area contributed by atoms with Crippen molar-refractivity contribution in [2.24, 2.45) is 5.92 Å². The summed E-state index contributed by atoms with van der Waals surface area (Å²) in [4.78, 5) is 26.6. The summed E-state index contributed by atoms with van der Waals surface area (Å²) in [6.45, 7) is 7.36. The molecule has 0 radical (unpaired) electrons. The predicted octanol–water partition coefficient (Wildman–Crippen LogP) is 3.23. The average molecular weight is 403 g/mol. The number of nitrogens with one attached hydrogen (secondary N) is 1. The highest BCUT2D eigenvalue weighted by atomic mass is 32.1. The molecule has 8 heteroatoms. The van der Waals surface area contributed by atoms with Crippen LogP contribution in [-0.2, 0) is 9.59 Å². The summed E-state index contributed by atoms with van der Waals surface area (Å²) < 4.78 is 5.85. The number of nitrogens with zero attached hydrogens (tertiary/aromatic N) is 3. The van der Waals surface area contributed by atoms with Gasteiger partial charge in [0.25, 0.3) is 5.91 Å². The average Bonchev–Trinajstić information content (AvgIpc) is 3.19. The molecule has 1 saturated heterocycles. The molecule has 28 heavy (non-hydrogen) atoms. The van der Waals surface area contributed by atoms with E-state index in [2.05, 4.69) is 41.5 Å². The van der Waals surface area contributed by atoms with Crippen LogP contribution in [0.3, 0.4) is 0 Å². The molecular formula is C20H26N4O3S. The fourth-order valence-electron chi connectivity index (χ4n) is 3.30. The topological polar surface area (TPSA) is 84.4 Å². The molecule has 0 spiro atoms. The van der Waals surface area contributed by atoms with Crippen LogP contribution in [0.4, 0.5) is 5.13 Å². The maximum atomic E-state index is 12.6. The maximum Gasteiger partial charge on any atom is 0.260 e. The molecule has 0 saturated carbocycles. The Morgan fingerprint density at radius 1 is 1.32 bits per heavy atom. The summed E-state index contributed by atoms with van der Waals surface area (Å²) in [6, 6.07) is 6.09. The molecule has 1 aliphatic rings. The normalized spacial score (nSPS) is 14.9. The first-order valence-electron chi connectivity index (χ1n) is 9.52. The van der Waals surface area contributed by atoms with Crippen molar-refractivity contribution in [2.45, 2.75) is 39.5 Å². The molecule has 2 amide bonds. The number of ether oxygens (including phenoxy) is 1. The molecule has 1 aromatic heterocycles. The van der Waals surface area contributed by atoms with Crippen LogP contribution >= 0.6 is 11.3 Å². The van der Waals surface area contributed by atoms with Crippen LogP contribution in [0.15, 0.2) is 23.7 Å². The minimum Gasteiger partial charge on any atom is -0.483 e. The van der Waals surface area contributed by atoms with Gasteiger partial charge in [0, 0.05) is 19.0 Å². The summed E-state index contributed by atoms with van der Waals surface area (Å²) in [5.74, 6) is 0.890. The van der Waals surface area contributed by atoms with Crippen LogP contribution in [-0.4, -0.2) is 46.6 Å². The predicted molar refractivity (Wildman–Crippen MR) is 109 cm³/mol. The lowest BCUT2D eigenvalue weighted by atomic mass is 9.96. The number of benzene rings is 1. The van der Waals surface area contributed by atoms with Crippen molar-refractivity contribution in [3.05, 3.63) is 34.8 Å². The van der Waals surface area contributed by atoms with Crippen molar-refractivity contribution in [3.8, 4) is 5.75 Å². The zero-order chi connectivity index (χ0) is 20.1. The Hall–Kier alpha value is -2.48. The molecule has 1 fully saturated rings. The third-order valence-corrected chi connectivity index (χ3v) is 5.56. The Balaban J connectivity index is 1.49. The summed E-state index contributed by atoms with van der Waals surface area (Å²) in [5, 5.41) is 10.8. The first-order valence-corrected chi connectivity index (χ1v) is 10.4. The number of hydrogen-bond donors (Lipinski definition) is 1. The number of likely N-dealkylation sites (tertiary alicyclic amines) is 1. The van der Waals surface area contributed by atoms with Crippen LogP contribution in [0.2, 0.25) is 0 Å². The second-order valence-corrected chi connectivity index (χ2v) is 8.21. The van der Waals surface area contributed by atoms with Crippen LogP contribution in [0.5, 0.6) is 5.75 Å². The van der Waals surface area contributed by atoms with Gasteiger partial charge < -0.3 is 15.0 Å². The smallest absolute Gasteiger partial charge is 0.260 e. The molecule has 7 nitrogen and oxygen atoms in total. The van der Waals surface area contributed by atoms with E-state index in [1.807, 2.05) is 13.0 Å². The molecule has 0 bridgehead atoms. The quantitative estimate of drug-likeness (QED) is 0.802. The summed E-state index contributed by atoms with van der Waals surface area (Å²) in [6.07, 6.45) is 1.27. The molecule has 1 aromatic carbocycles. The Kier molecular flexibility index (Phi) is 6.61. The summed E-state index contributed by atoms with van der Waals surface area (Å²) >= 11 is 1.29. The van der Waals surface area contributed by atoms with Crippen molar-refractivity contribution in [3.63, 3.8) is 0 Å². The molecule has 0 unspecified atom stereocenters. The maximum absolute atomic E-state index is 12.6. The zero-order valence-corrected chi connectivity index (χ0v) is 17.3. The molecule has 150 valence electrons. The Labute approximate surface area is 169 Å². The van der Waals surface area contributed by atoms with Gasteiger partial charge in [-0.1, -0.05) is 37.3 Å². The molecule has 1 N–H and O–H groups in total. The lowest BCUT2D eigenvalue weighted by Gasteiger charge is -2.31. The van der Waals surface area contributed by atoms with Gasteiger partial charge in [0.1, 0.15) is 11.3 Å². The van der Waals surface area contributed by atoms with E-state index in [1.165, 1.54) is 11.3 Å². The SMILES string of the molecule is Cc1ccc(C(C)C)c(OCC(=O)N2CCC(C(=O)Nc3nncs3)CC2)c1. The second kappa shape index (κ2) is 9.14. The molecule has 2 aromatic rings. The van der Waals surface area contributed by atoms with Crippen molar-refractivity contribution >= 4 is 28.3 Å². The number of aromatic nitrogens is 2. The van der Waals surface area contributed by atoms with Gasteiger partial charge in [0.2, 0.25) is 11.0 Å². The molecule has 0 aliphatic carbocycles. The molecular weight excluding hydrogens is 376 g/mol. The van der Waals surface area contributed by atoms with Crippen molar-refractivity contribution in [1.82, 2.24) is 15.1 Å². The van der Waals surface area contributed by atoms with Crippen molar-refractivity contribution < 1.29 is 14.3 Å². The van der Waals surface area contributed by atoms with Crippen LogP contribution in [0.25, 0.3) is 0 Å². The minimum atomic E-state index is -0.113. The molecule has 1 aliphatic heterocycles. The number of anilines is 1. The van der Waals surface area contributed by atoms with E-state index in [0.717, 1.165) is 16.9 Å². The number of amides is 2. The van der Waals surface area contributed by atoms with Gasteiger partial charge >= 0.3 is 0 Å². The van der Waals surface area contributed by atoms with Gasteiger partial charge in [0.05, 0.1) is 0 Å². The standard InChI is InChI=1S/C20H26N4O3S/c1-13(2)16-5-4-14(3)10-17(16)27-11-18(25)24-8-6-15(7-9-24)19(26)22-20-23-21-12-28-20/h4-5,10,12-13,15H,6-9,11H2,1-3H3,(H,22,23,26). The highest BCUT2D eigenvalue weighted by Gasteiger charge is 2.28. The summed E-state index contributed by atoms with van der Waals surface area (Å²) in [7, 11) is 0. The highest BCUT2D eigenvalue weighted by Crippen LogP contribution is 2.27. The second-order valence-electron chi connectivity index (χ2n) is 7.37. The fraction of sp³-hybridized carbons (Fsp3) is 0.500. The molecule has 2 heterocycles. The first kappa shape index (κ1) is 20.3. The third kappa shape index (κ3) is 5.07. The van der Waals surface area contributed by atoms with E-state index in [0.29, 0.717) is 37.0 Å². The van der Waals surface area contributed by atoms with Crippen LogP contribution < -0.4 is 10.1 Å². The van der Waals surface area contributed by atoms with E-state index in [9.17, 15) is 9.59 Å². The largest absolute Gasteiger partial charge is 0.483 e. The number of rotatable bonds is 6. The Morgan fingerprint density at radius 2 is 2.07 bits per heavy atom. The highest BCUT2D eigenvalue weighted by molar-refractivity contribution is 7.13. The van der Waals surface area contributed by atoms with Crippen molar-refractivity contribution in [1.29, 1.82) is 0 Å². The van der Waals surface area contributed by atoms with Crippen LogP contribution in [0.1, 0.15) is 43.7 Å². The number of hydrogen-bond acceptors (Lipinski definition) is 6. The van der Waals surface area contributed by atoms with Gasteiger partial charge in [-0.3, -0.25) is 9.59 Å². The number of aryl methyl sites for hydroxylation is 1. The van der Waals surface area contributed by atoms with Gasteiger partial charge in [0.15, 0.2) is 6.61 Å². The van der Waals surface area contributed by atoms with E-state index >= 15 is 0 Å². The Bertz CT molecular complexity index is 815. The van der Waals surface area contributed by atoms with E-state index in [4.69, 9.17) is 4.74 Å². The molecule has 0 atom stereocenters. The number of carbonyl (C=O) groups is 2. The zero-order valence-electron chi connectivity index (χ0n) is 16.5. The van der Waals surface area contributed by atoms with Gasteiger partial charge in [-0.2, -0.15) is 0 Å². The van der Waals surface area contributed by atoms with E-state index < -0.39 is 0 Å². The number of piperidine rings is 1. The molecule has 3 rings (SSSR count). The lowest BCUT2D eigenvalue weighted by Crippen LogP contribution is -2.43. The fourth-order valence-corrected chi connectivity index (χ4v) is 3.75. The van der Waals surface area contributed by atoms with E-state index in [1.54, 1.807) is 10.4 Å². The number of carbonyl (C=O) groups excluding carboxylic acids is 2. The van der Waals surface area contributed by atoms with Gasteiger partial charge in [-0.25, -0.2) is 0 Å². The minimum absolute atomic E-state index is 0.0187. The lowest BCUT2D eigenvalue weighted by molar-refractivity contribution is -0.136. The van der Waals surface area contributed by atoms with Crippen LogP contribution in [0, 0.1) is 12.8 Å².